The molecule has 3 nitrogen and oxygen atoms in total. The largest absolute Gasteiger partial charge is 0.398 e. The molecule has 1 atom stereocenters. The highest BCUT2D eigenvalue weighted by Gasteiger charge is 2.13. The van der Waals surface area contributed by atoms with Gasteiger partial charge in [0.05, 0.1) is 12.6 Å². The van der Waals surface area contributed by atoms with Gasteiger partial charge in [-0.05, 0) is 31.9 Å². The lowest BCUT2D eigenvalue weighted by Crippen LogP contribution is -2.17. The van der Waals surface area contributed by atoms with Crippen LogP contribution in [-0.4, -0.2) is 23.5 Å². The number of aliphatic imine (C=N–C) groups is 1. The summed E-state index contributed by atoms with van der Waals surface area (Å²) in [6.45, 7) is 8.17. The fraction of sp³-hybridized carbons (Fsp3) is 0.500. The van der Waals surface area contributed by atoms with Crippen molar-refractivity contribution >= 4 is 11.4 Å². The Balaban J connectivity index is 3.23. The SMILES string of the molecule is Cc1ccc(N)c(C(=NC(C)CO)C(C)C)c1. The normalized spacial score (nSPS) is 14.1. The average Bonchev–Trinajstić information content (AvgIpc) is 2.28. The van der Waals surface area contributed by atoms with Gasteiger partial charge < -0.3 is 10.8 Å². The molecule has 0 saturated heterocycles. The third kappa shape index (κ3) is 3.56. The van der Waals surface area contributed by atoms with Gasteiger partial charge in [0.2, 0.25) is 0 Å². The zero-order chi connectivity index (χ0) is 13.0. The van der Waals surface area contributed by atoms with Crippen LogP contribution in [0.3, 0.4) is 0 Å². The molecule has 1 rings (SSSR count). The van der Waals surface area contributed by atoms with Gasteiger partial charge in [-0.15, -0.1) is 0 Å². The second-order valence-corrected chi connectivity index (χ2v) is 4.79. The minimum absolute atomic E-state index is 0.0575. The molecule has 94 valence electrons. The van der Waals surface area contributed by atoms with Crippen LogP contribution in [0.5, 0.6) is 0 Å². The number of nitrogens with two attached hydrogens (primary N) is 1. The summed E-state index contributed by atoms with van der Waals surface area (Å²) in [5, 5.41) is 9.10. The molecule has 0 amide bonds. The van der Waals surface area contributed by atoms with E-state index in [0.29, 0.717) is 0 Å². The number of hydrogen-bond donors (Lipinski definition) is 2. The number of nitrogen functional groups attached to an aromatic ring is 1. The van der Waals surface area contributed by atoms with Crippen molar-refractivity contribution in [1.82, 2.24) is 0 Å². The zero-order valence-corrected chi connectivity index (χ0v) is 11.1. The highest BCUT2D eigenvalue weighted by Crippen LogP contribution is 2.19. The number of benzene rings is 1. The molecule has 0 aliphatic rings. The third-order valence-electron chi connectivity index (χ3n) is 2.66. The summed E-state index contributed by atoms with van der Waals surface area (Å²) in [6, 6.07) is 5.86. The van der Waals surface area contributed by atoms with Crippen molar-refractivity contribution in [3.8, 4) is 0 Å². The predicted octanol–water partition coefficient (Wildman–Crippen LogP) is 2.40. The van der Waals surface area contributed by atoms with Crippen LogP contribution in [0.1, 0.15) is 31.9 Å². The minimum atomic E-state index is -0.0905. The Bertz CT molecular complexity index is 411. The van der Waals surface area contributed by atoms with Crippen molar-refractivity contribution < 1.29 is 5.11 Å². The summed E-state index contributed by atoms with van der Waals surface area (Å²) in [4.78, 5) is 4.55. The molecule has 0 heterocycles. The van der Waals surface area contributed by atoms with Gasteiger partial charge in [0.15, 0.2) is 0 Å². The number of aliphatic hydroxyl groups excluding tert-OH is 1. The number of aliphatic hydroxyl groups is 1. The van der Waals surface area contributed by atoms with Crippen LogP contribution in [0.15, 0.2) is 23.2 Å². The first kappa shape index (κ1) is 13.7. The van der Waals surface area contributed by atoms with E-state index < -0.39 is 0 Å². The van der Waals surface area contributed by atoms with Crippen molar-refractivity contribution in [2.24, 2.45) is 10.9 Å². The summed E-state index contributed by atoms with van der Waals surface area (Å²) in [5.74, 6) is 0.285. The van der Waals surface area contributed by atoms with Crippen molar-refractivity contribution in [2.45, 2.75) is 33.7 Å². The van der Waals surface area contributed by atoms with E-state index in [0.717, 1.165) is 17.0 Å². The molecule has 0 aliphatic heterocycles. The van der Waals surface area contributed by atoms with E-state index in [1.54, 1.807) is 0 Å². The second-order valence-electron chi connectivity index (χ2n) is 4.79. The quantitative estimate of drug-likeness (QED) is 0.621. The molecule has 0 bridgehead atoms. The molecule has 0 saturated carbocycles. The molecule has 1 unspecified atom stereocenters. The Kier molecular flexibility index (Phi) is 4.70. The molecule has 0 aromatic heterocycles. The number of anilines is 1. The fourth-order valence-corrected chi connectivity index (χ4v) is 1.70. The molecule has 1 aromatic rings. The summed E-state index contributed by atoms with van der Waals surface area (Å²) in [7, 11) is 0. The maximum Gasteiger partial charge on any atom is 0.0705 e. The summed E-state index contributed by atoms with van der Waals surface area (Å²) in [5.41, 5.74) is 9.86. The lowest BCUT2D eigenvalue weighted by molar-refractivity contribution is 0.274. The van der Waals surface area contributed by atoms with E-state index in [1.165, 1.54) is 5.56 Å². The van der Waals surface area contributed by atoms with Crippen molar-refractivity contribution in [3.05, 3.63) is 29.3 Å². The number of aryl methyl sites for hydroxylation is 1. The maximum atomic E-state index is 9.10. The Labute approximate surface area is 103 Å². The van der Waals surface area contributed by atoms with Crippen LogP contribution in [0.2, 0.25) is 0 Å². The Hall–Kier alpha value is -1.35. The van der Waals surface area contributed by atoms with Gasteiger partial charge in [0.25, 0.3) is 0 Å². The van der Waals surface area contributed by atoms with Crippen LogP contribution in [0.25, 0.3) is 0 Å². The second kappa shape index (κ2) is 5.82. The molecule has 3 heteroatoms. The van der Waals surface area contributed by atoms with Crippen LogP contribution in [0.4, 0.5) is 5.69 Å². The molecular weight excluding hydrogens is 212 g/mol. The van der Waals surface area contributed by atoms with Crippen LogP contribution in [-0.2, 0) is 0 Å². The lowest BCUT2D eigenvalue weighted by Gasteiger charge is -2.15. The van der Waals surface area contributed by atoms with E-state index >= 15 is 0 Å². The van der Waals surface area contributed by atoms with Gasteiger partial charge in [-0.2, -0.15) is 0 Å². The van der Waals surface area contributed by atoms with Gasteiger partial charge in [0, 0.05) is 17.0 Å². The average molecular weight is 234 g/mol. The Morgan fingerprint density at radius 2 is 2.00 bits per heavy atom. The van der Waals surface area contributed by atoms with Gasteiger partial charge >= 0.3 is 0 Å². The van der Waals surface area contributed by atoms with E-state index in [4.69, 9.17) is 10.8 Å². The molecule has 3 N–H and O–H groups in total. The van der Waals surface area contributed by atoms with Crippen LogP contribution < -0.4 is 5.73 Å². The summed E-state index contributed by atoms with van der Waals surface area (Å²) < 4.78 is 0. The lowest BCUT2D eigenvalue weighted by atomic mass is 9.96. The molecular formula is C14H22N2O. The first-order valence-corrected chi connectivity index (χ1v) is 6.00. The number of rotatable bonds is 4. The Morgan fingerprint density at radius 1 is 1.35 bits per heavy atom. The monoisotopic (exact) mass is 234 g/mol. The van der Waals surface area contributed by atoms with Crippen LogP contribution >= 0.6 is 0 Å². The number of nitrogens with zero attached hydrogens (tertiary/aromatic N) is 1. The zero-order valence-electron chi connectivity index (χ0n) is 11.1. The fourth-order valence-electron chi connectivity index (χ4n) is 1.70. The molecule has 0 fully saturated rings. The third-order valence-corrected chi connectivity index (χ3v) is 2.66. The smallest absolute Gasteiger partial charge is 0.0705 e. The topological polar surface area (TPSA) is 58.6 Å². The van der Waals surface area contributed by atoms with E-state index in [1.807, 2.05) is 26.0 Å². The number of hydrogen-bond acceptors (Lipinski definition) is 3. The Morgan fingerprint density at radius 3 is 2.53 bits per heavy atom. The maximum absolute atomic E-state index is 9.10. The van der Waals surface area contributed by atoms with E-state index in [9.17, 15) is 0 Å². The summed E-state index contributed by atoms with van der Waals surface area (Å²) >= 11 is 0. The predicted molar refractivity (Wildman–Crippen MR) is 73.5 cm³/mol. The van der Waals surface area contributed by atoms with Crippen molar-refractivity contribution in [1.29, 1.82) is 0 Å². The standard InChI is InChI=1S/C14H22N2O/c1-9(2)14(16-11(4)8-17)12-7-10(3)5-6-13(12)15/h5-7,9,11,17H,8,15H2,1-4H3. The van der Waals surface area contributed by atoms with Crippen LogP contribution in [0, 0.1) is 12.8 Å². The van der Waals surface area contributed by atoms with Crippen molar-refractivity contribution in [2.75, 3.05) is 12.3 Å². The first-order chi connectivity index (χ1) is 7.95. The van der Waals surface area contributed by atoms with Gasteiger partial charge in [-0.3, -0.25) is 4.99 Å². The highest BCUT2D eigenvalue weighted by molar-refractivity contribution is 6.06. The van der Waals surface area contributed by atoms with Gasteiger partial charge in [0.1, 0.15) is 0 Å². The molecule has 0 spiro atoms. The highest BCUT2D eigenvalue weighted by atomic mass is 16.3. The van der Waals surface area contributed by atoms with Gasteiger partial charge in [-0.1, -0.05) is 25.5 Å². The molecule has 17 heavy (non-hydrogen) atoms. The first-order valence-electron chi connectivity index (χ1n) is 6.00. The molecule has 0 radical (unpaired) electrons. The van der Waals surface area contributed by atoms with E-state index in [-0.39, 0.29) is 18.6 Å². The molecule has 0 aliphatic carbocycles. The van der Waals surface area contributed by atoms with E-state index in [2.05, 4.69) is 24.9 Å². The molecule has 1 aromatic carbocycles. The minimum Gasteiger partial charge on any atom is -0.398 e. The van der Waals surface area contributed by atoms with Gasteiger partial charge in [-0.25, -0.2) is 0 Å². The van der Waals surface area contributed by atoms with Crippen molar-refractivity contribution in [3.63, 3.8) is 0 Å². The summed E-state index contributed by atoms with van der Waals surface area (Å²) in [6.07, 6.45) is 0.